The Kier molecular flexibility index (Phi) is 3.58. The lowest BCUT2D eigenvalue weighted by molar-refractivity contribution is 0.0697. The molecule has 0 aliphatic carbocycles. The molecule has 3 aromatic heterocycles. The fraction of sp³-hybridized carbons (Fsp3) is 0.111. The van der Waals surface area contributed by atoms with Gasteiger partial charge in [0.15, 0.2) is 5.82 Å². The van der Waals surface area contributed by atoms with Gasteiger partial charge in [0, 0.05) is 16.8 Å². The van der Waals surface area contributed by atoms with Crippen LogP contribution >= 0.6 is 11.3 Å². The second-order valence-corrected chi connectivity index (χ2v) is 6.77. The zero-order valence-corrected chi connectivity index (χ0v) is 14.4. The lowest BCUT2D eigenvalue weighted by Crippen LogP contribution is -1.99. The second kappa shape index (κ2) is 5.78. The van der Waals surface area contributed by atoms with Crippen molar-refractivity contribution in [2.45, 2.75) is 13.8 Å². The summed E-state index contributed by atoms with van der Waals surface area (Å²) in [6.45, 7) is 4.02. The number of carboxylic acid groups (broad SMARTS) is 1. The number of aromatic nitrogens is 3. The molecule has 6 nitrogen and oxygen atoms in total. The zero-order valence-electron chi connectivity index (χ0n) is 13.6. The minimum absolute atomic E-state index is 0.222. The van der Waals surface area contributed by atoms with Gasteiger partial charge in [-0.25, -0.2) is 19.7 Å². The van der Waals surface area contributed by atoms with Crippen LogP contribution in [0.5, 0.6) is 0 Å². The summed E-state index contributed by atoms with van der Waals surface area (Å²) in [4.78, 5) is 25.4. The maximum atomic E-state index is 11.1. The number of rotatable bonds is 3. The summed E-state index contributed by atoms with van der Waals surface area (Å²) in [6, 6.07) is 8.68. The molecule has 0 aliphatic heterocycles. The highest BCUT2D eigenvalue weighted by Gasteiger charge is 2.15. The van der Waals surface area contributed by atoms with Crippen LogP contribution in [-0.4, -0.2) is 26.0 Å². The van der Waals surface area contributed by atoms with E-state index < -0.39 is 5.97 Å². The molecule has 0 fully saturated rings. The number of aromatic carboxylic acids is 1. The summed E-state index contributed by atoms with van der Waals surface area (Å²) in [5, 5.41) is 13.4. The van der Waals surface area contributed by atoms with Crippen molar-refractivity contribution in [2.24, 2.45) is 0 Å². The molecular formula is C18H14N4O2S. The van der Waals surface area contributed by atoms with E-state index in [9.17, 15) is 4.79 Å². The number of aryl methyl sites for hydroxylation is 2. The quantitative estimate of drug-likeness (QED) is 0.573. The van der Waals surface area contributed by atoms with Gasteiger partial charge in [-0.1, -0.05) is 6.07 Å². The molecule has 0 saturated heterocycles. The molecule has 0 bridgehead atoms. The Morgan fingerprint density at radius 3 is 2.84 bits per heavy atom. The average molecular weight is 350 g/mol. The number of fused-ring (bicyclic) bond motifs is 3. The van der Waals surface area contributed by atoms with Crippen LogP contribution < -0.4 is 5.32 Å². The average Bonchev–Trinajstić information content (AvgIpc) is 2.94. The fourth-order valence-corrected chi connectivity index (χ4v) is 4.06. The first kappa shape index (κ1) is 15.5. The van der Waals surface area contributed by atoms with E-state index in [-0.39, 0.29) is 5.56 Å². The van der Waals surface area contributed by atoms with Crippen molar-refractivity contribution in [3.63, 3.8) is 0 Å². The molecule has 2 N–H and O–H groups in total. The Morgan fingerprint density at radius 2 is 2.04 bits per heavy atom. The van der Waals surface area contributed by atoms with Crippen molar-refractivity contribution < 1.29 is 9.90 Å². The van der Waals surface area contributed by atoms with Crippen LogP contribution in [0.3, 0.4) is 0 Å². The third kappa shape index (κ3) is 2.68. The van der Waals surface area contributed by atoms with Crippen molar-refractivity contribution >= 4 is 49.2 Å². The lowest BCUT2D eigenvalue weighted by Gasteiger charge is -2.07. The lowest BCUT2D eigenvalue weighted by atomic mass is 10.1. The molecule has 7 heteroatoms. The minimum atomic E-state index is -0.964. The number of carbonyl (C=O) groups is 1. The normalized spacial score (nSPS) is 11.1. The second-order valence-electron chi connectivity index (χ2n) is 5.77. The molecule has 124 valence electrons. The summed E-state index contributed by atoms with van der Waals surface area (Å²) in [5.41, 5.74) is 3.84. The van der Waals surface area contributed by atoms with E-state index in [4.69, 9.17) is 5.11 Å². The number of hydrogen-bond acceptors (Lipinski definition) is 6. The van der Waals surface area contributed by atoms with Gasteiger partial charge in [0.2, 0.25) is 0 Å². The molecule has 0 unspecified atom stereocenters. The van der Waals surface area contributed by atoms with E-state index in [0.717, 1.165) is 31.7 Å². The van der Waals surface area contributed by atoms with Crippen LogP contribution in [0.15, 0.2) is 36.7 Å². The summed E-state index contributed by atoms with van der Waals surface area (Å²) < 4.78 is 0.902. The topological polar surface area (TPSA) is 88.0 Å². The number of nitrogens with one attached hydrogen (secondary N) is 1. The maximum absolute atomic E-state index is 11.1. The van der Waals surface area contributed by atoms with Crippen LogP contribution in [0.4, 0.5) is 11.5 Å². The summed E-state index contributed by atoms with van der Waals surface area (Å²) in [5.74, 6) is -0.318. The molecule has 0 aliphatic rings. The first-order valence-corrected chi connectivity index (χ1v) is 8.46. The van der Waals surface area contributed by atoms with Crippen LogP contribution in [0.25, 0.3) is 20.4 Å². The van der Waals surface area contributed by atoms with Crippen molar-refractivity contribution in [1.29, 1.82) is 0 Å². The van der Waals surface area contributed by atoms with Gasteiger partial charge in [0.1, 0.15) is 11.2 Å². The van der Waals surface area contributed by atoms with E-state index in [1.807, 2.05) is 13.0 Å². The van der Waals surface area contributed by atoms with Gasteiger partial charge in [-0.05, 0) is 43.7 Å². The Hall–Kier alpha value is -3.06. The molecule has 1 aromatic carbocycles. The van der Waals surface area contributed by atoms with Crippen LogP contribution in [0, 0.1) is 13.8 Å². The minimum Gasteiger partial charge on any atom is -0.478 e. The SMILES string of the molecule is Cc1cc(C)c2c(n1)sc1c(Nc3cccc(C(=O)O)c3)ncnc12. The van der Waals surface area contributed by atoms with Crippen LogP contribution in [0.2, 0.25) is 0 Å². The highest BCUT2D eigenvalue weighted by atomic mass is 32.1. The van der Waals surface area contributed by atoms with E-state index >= 15 is 0 Å². The van der Waals surface area contributed by atoms with Crippen molar-refractivity contribution in [2.75, 3.05) is 5.32 Å². The molecule has 4 aromatic rings. The monoisotopic (exact) mass is 350 g/mol. The third-order valence-electron chi connectivity index (χ3n) is 3.92. The molecule has 4 rings (SSSR count). The predicted octanol–water partition coefficient (Wildman–Crippen LogP) is 4.30. The first-order valence-electron chi connectivity index (χ1n) is 7.65. The Balaban J connectivity index is 1.87. The highest BCUT2D eigenvalue weighted by molar-refractivity contribution is 7.26. The van der Waals surface area contributed by atoms with Crippen LogP contribution in [-0.2, 0) is 0 Å². The van der Waals surface area contributed by atoms with Gasteiger partial charge in [0.25, 0.3) is 0 Å². The number of anilines is 2. The van der Waals surface area contributed by atoms with Gasteiger partial charge in [-0.3, -0.25) is 0 Å². The van der Waals surface area contributed by atoms with E-state index in [0.29, 0.717) is 11.5 Å². The van der Waals surface area contributed by atoms with Crippen molar-refractivity contribution in [1.82, 2.24) is 15.0 Å². The molecular weight excluding hydrogens is 336 g/mol. The highest BCUT2D eigenvalue weighted by Crippen LogP contribution is 2.37. The number of carboxylic acids is 1. The molecule has 0 saturated carbocycles. The largest absolute Gasteiger partial charge is 0.478 e. The Labute approximate surface area is 147 Å². The molecule has 0 spiro atoms. The van der Waals surface area contributed by atoms with Gasteiger partial charge in [0.05, 0.1) is 15.8 Å². The van der Waals surface area contributed by atoms with Gasteiger partial charge in [-0.15, -0.1) is 11.3 Å². The molecule has 25 heavy (non-hydrogen) atoms. The predicted molar refractivity (Wildman–Crippen MR) is 98.9 cm³/mol. The maximum Gasteiger partial charge on any atom is 0.335 e. The Morgan fingerprint density at radius 1 is 1.20 bits per heavy atom. The standard InChI is InChI=1S/C18H14N4O2S/c1-9-6-10(2)21-17-13(9)14-15(25-17)16(20-8-19-14)22-12-5-3-4-11(7-12)18(23)24/h3-8H,1-2H3,(H,23,24)(H,19,20,22). The van der Waals surface area contributed by atoms with Gasteiger partial charge < -0.3 is 10.4 Å². The van der Waals surface area contributed by atoms with E-state index in [2.05, 4.69) is 27.2 Å². The number of benzene rings is 1. The van der Waals surface area contributed by atoms with Gasteiger partial charge in [-0.2, -0.15) is 0 Å². The number of pyridine rings is 1. The summed E-state index contributed by atoms with van der Waals surface area (Å²) in [7, 11) is 0. The summed E-state index contributed by atoms with van der Waals surface area (Å²) in [6.07, 6.45) is 1.51. The van der Waals surface area contributed by atoms with Crippen LogP contribution in [0.1, 0.15) is 21.6 Å². The first-order chi connectivity index (χ1) is 12.0. The molecule has 0 radical (unpaired) electrons. The van der Waals surface area contributed by atoms with Crippen molar-refractivity contribution in [3.8, 4) is 0 Å². The molecule has 0 amide bonds. The Bertz CT molecular complexity index is 1140. The van der Waals surface area contributed by atoms with Gasteiger partial charge >= 0.3 is 5.97 Å². The smallest absolute Gasteiger partial charge is 0.335 e. The zero-order chi connectivity index (χ0) is 17.6. The molecule has 0 atom stereocenters. The number of hydrogen-bond donors (Lipinski definition) is 2. The fourth-order valence-electron chi connectivity index (χ4n) is 2.87. The van der Waals surface area contributed by atoms with Crippen molar-refractivity contribution in [3.05, 3.63) is 53.5 Å². The van der Waals surface area contributed by atoms with E-state index in [1.54, 1.807) is 24.3 Å². The third-order valence-corrected chi connectivity index (χ3v) is 5.00. The summed E-state index contributed by atoms with van der Waals surface area (Å²) >= 11 is 1.53. The molecule has 3 heterocycles. The number of thiophene rings is 1. The van der Waals surface area contributed by atoms with E-state index in [1.165, 1.54) is 17.7 Å². The number of nitrogens with zero attached hydrogens (tertiary/aromatic N) is 3.